The molecule has 0 bridgehead atoms. The monoisotopic (exact) mass is 284 g/mol. The number of nitrogens with zero attached hydrogens (tertiary/aromatic N) is 2. The molecule has 0 saturated heterocycles. The summed E-state index contributed by atoms with van der Waals surface area (Å²) in [5.41, 5.74) is -0.329. The van der Waals surface area contributed by atoms with Crippen LogP contribution in [0.2, 0.25) is 0 Å². The van der Waals surface area contributed by atoms with Crippen molar-refractivity contribution in [2.24, 2.45) is 11.3 Å². The van der Waals surface area contributed by atoms with Crippen LogP contribution in [-0.4, -0.2) is 48.1 Å². The van der Waals surface area contributed by atoms with Crippen molar-refractivity contribution in [2.75, 3.05) is 26.9 Å². The second kappa shape index (κ2) is 5.88. The van der Waals surface area contributed by atoms with Crippen LogP contribution >= 0.6 is 0 Å². The first-order chi connectivity index (χ1) is 9.48. The van der Waals surface area contributed by atoms with Gasteiger partial charge in [-0.3, -0.25) is 4.79 Å². The van der Waals surface area contributed by atoms with Gasteiger partial charge in [-0.15, -0.1) is 0 Å². The zero-order valence-corrected chi connectivity index (χ0v) is 12.0. The maximum absolute atomic E-state index is 11.1. The zero-order chi connectivity index (χ0) is 14.8. The highest BCUT2D eigenvalue weighted by molar-refractivity contribution is 5.77. The Hall–Kier alpha value is -1.47. The molecule has 2 atom stereocenters. The van der Waals surface area contributed by atoms with E-state index < -0.39 is 11.9 Å². The first-order valence-corrected chi connectivity index (χ1v) is 6.60. The molecule has 1 N–H and O–H groups in total. The molecule has 7 heteroatoms. The van der Waals surface area contributed by atoms with Crippen LogP contribution in [0.4, 0.5) is 0 Å². The van der Waals surface area contributed by atoms with E-state index in [-0.39, 0.29) is 11.3 Å². The van der Waals surface area contributed by atoms with Gasteiger partial charge in [0.15, 0.2) is 5.82 Å². The number of rotatable bonds is 8. The summed E-state index contributed by atoms with van der Waals surface area (Å²) in [4.78, 5) is 15.4. The van der Waals surface area contributed by atoms with E-state index in [0.29, 0.717) is 38.0 Å². The van der Waals surface area contributed by atoms with E-state index in [1.807, 2.05) is 13.8 Å². The molecule has 0 aromatic carbocycles. The predicted molar refractivity (Wildman–Crippen MR) is 68.3 cm³/mol. The van der Waals surface area contributed by atoms with Gasteiger partial charge >= 0.3 is 5.97 Å². The SMILES string of the molecule is COCCOCCc1noc(C2C(C(=O)O)C2(C)C)n1. The molecular formula is C13H20N2O5. The first kappa shape index (κ1) is 14.9. The number of aliphatic carboxylic acids is 1. The standard InChI is InChI=1S/C13H20N2O5/c1-13(2)9(10(13)12(16)17)11-14-8(15-20-11)4-5-19-7-6-18-3/h9-10H,4-7H2,1-3H3,(H,16,17). The van der Waals surface area contributed by atoms with Gasteiger partial charge in [0.25, 0.3) is 0 Å². The second-order valence-electron chi connectivity index (χ2n) is 5.52. The van der Waals surface area contributed by atoms with Crippen LogP contribution in [-0.2, 0) is 20.7 Å². The molecule has 2 unspecified atom stereocenters. The van der Waals surface area contributed by atoms with Gasteiger partial charge < -0.3 is 19.1 Å². The van der Waals surface area contributed by atoms with Gasteiger partial charge in [-0.1, -0.05) is 19.0 Å². The molecule has 1 aliphatic rings. The minimum atomic E-state index is -0.817. The molecule has 0 aliphatic heterocycles. The highest BCUT2D eigenvalue weighted by Crippen LogP contribution is 2.63. The van der Waals surface area contributed by atoms with Crippen LogP contribution in [0.5, 0.6) is 0 Å². The minimum Gasteiger partial charge on any atom is -0.481 e. The summed E-state index contributed by atoms with van der Waals surface area (Å²) in [5.74, 6) is -0.509. The lowest BCUT2D eigenvalue weighted by Crippen LogP contribution is -2.05. The van der Waals surface area contributed by atoms with Crippen LogP contribution in [0.3, 0.4) is 0 Å². The number of carboxylic acids is 1. The Labute approximate surface area is 117 Å². The average molecular weight is 284 g/mol. The molecule has 1 heterocycles. The average Bonchev–Trinajstić information content (AvgIpc) is 2.74. The van der Waals surface area contributed by atoms with Crippen LogP contribution in [0.1, 0.15) is 31.5 Å². The summed E-state index contributed by atoms with van der Waals surface area (Å²) in [6.45, 7) is 5.35. The topological polar surface area (TPSA) is 94.7 Å². The normalized spacial score (nSPS) is 23.8. The van der Waals surface area contributed by atoms with Crippen molar-refractivity contribution in [3.8, 4) is 0 Å². The van der Waals surface area contributed by atoms with Gasteiger partial charge in [0.05, 0.1) is 31.7 Å². The van der Waals surface area contributed by atoms with Crippen molar-refractivity contribution in [3.05, 3.63) is 11.7 Å². The van der Waals surface area contributed by atoms with Crippen molar-refractivity contribution in [1.29, 1.82) is 0 Å². The number of carbonyl (C=O) groups is 1. The van der Waals surface area contributed by atoms with E-state index in [0.717, 1.165) is 0 Å². The highest BCUT2D eigenvalue weighted by Gasteiger charge is 2.65. The maximum atomic E-state index is 11.1. The minimum absolute atomic E-state index is 0.198. The van der Waals surface area contributed by atoms with Gasteiger partial charge in [-0.05, 0) is 5.41 Å². The maximum Gasteiger partial charge on any atom is 0.307 e. The molecule has 0 radical (unpaired) electrons. The Kier molecular flexibility index (Phi) is 4.39. The summed E-state index contributed by atoms with van der Waals surface area (Å²) >= 11 is 0. The van der Waals surface area contributed by atoms with E-state index in [1.54, 1.807) is 7.11 Å². The molecule has 1 aromatic rings. The van der Waals surface area contributed by atoms with Gasteiger partial charge in [-0.25, -0.2) is 0 Å². The van der Waals surface area contributed by atoms with E-state index in [2.05, 4.69) is 10.1 Å². The number of carboxylic acid groups (broad SMARTS) is 1. The van der Waals surface area contributed by atoms with E-state index in [9.17, 15) is 4.79 Å². The van der Waals surface area contributed by atoms with Gasteiger partial charge in [0, 0.05) is 13.5 Å². The van der Waals surface area contributed by atoms with E-state index in [1.165, 1.54) is 0 Å². The van der Waals surface area contributed by atoms with Crippen molar-refractivity contribution < 1.29 is 23.9 Å². The fraction of sp³-hybridized carbons (Fsp3) is 0.769. The molecule has 1 saturated carbocycles. The highest BCUT2D eigenvalue weighted by atomic mass is 16.5. The Morgan fingerprint density at radius 2 is 2.15 bits per heavy atom. The fourth-order valence-corrected chi connectivity index (χ4v) is 2.46. The fourth-order valence-electron chi connectivity index (χ4n) is 2.46. The van der Waals surface area contributed by atoms with Crippen LogP contribution in [0, 0.1) is 11.3 Å². The van der Waals surface area contributed by atoms with Gasteiger partial charge in [0.2, 0.25) is 5.89 Å². The Bertz CT molecular complexity index is 471. The molecule has 7 nitrogen and oxygen atoms in total. The van der Waals surface area contributed by atoms with Crippen molar-refractivity contribution >= 4 is 5.97 Å². The lowest BCUT2D eigenvalue weighted by molar-refractivity contribution is -0.139. The molecular weight excluding hydrogens is 264 g/mol. The number of hydrogen-bond acceptors (Lipinski definition) is 6. The first-order valence-electron chi connectivity index (χ1n) is 6.60. The zero-order valence-electron chi connectivity index (χ0n) is 12.0. The molecule has 2 rings (SSSR count). The lowest BCUT2D eigenvalue weighted by atomic mass is 10.1. The van der Waals surface area contributed by atoms with Crippen LogP contribution < -0.4 is 0 Å². The smallest absolute Gasteiger partial charge is 0.307 e. The third-order valence-electron chi connectivity index (χ3n) is 3.75. The summed E-state index contributed by atoms with van der Waals surface area (Å²) in [5, 5.41) is 13.0. The van der Waals surface area contributed by atoms with E-state index in [4.69, 9.17) is 19.1 Å². The van der Waals surface area contributed by atoms with Crippen LogP contribution in [0.25, 0.3) is 0 Å². The number of methoxy groups -OCH3 is 1. The summed E-state index contributed by atoms with van der Waals surface area (Å²) in [6, 6.07) is 0. The van der Waals surface area contributed by atoms with Crippen LogP contribution in [0.15, 0.2) is 4.52 Å². The third-order valence-corrected chi connectivity index (χ3v) is 3.75. The predicted octanol–water partition coefficient (Wildman–Crippen LogP) is 1.10. The largest absolute Gasteiger partial charge is 0.481 e. The number of ether oxygens (including phenoxy) is 2. The Morgan fingerprint density at radius 3 is 2.75 bits per heavy atom. The molecule has 112 valence electrons. The molecule has 1 fully saturated rings. The molecule has 1 aliphatic carbocycles. The quantitative estimate of drug-likeness (QED) is 0.714. The summed E-state index contributed by atoms with van der Waals surface area (Å²) in [7, 11) is 1.62. The third kappa shape index (κ3) is 2.99. The lowest BCUT2D eigenvalue weighted by Gasteiger charge is -2.00. The Balaban J connectivity index is 1.86. The number of hydrogen-bond donors (Lipinski definition) is 1. The van der Waals surface area contributed by atoms with Crippen molar-refractivity contribution in [2.45, 2.75) is 26.2 Å². The van der Waals surface area contributed by atoms with Crippen molar-refractivity contribution in [3.63, 3.8) is 0 Å². The molecule has 20 heavy (non-hydrogen) atoms. The van der Waals surface area contributed by atoms with Crippen molar-refractivity contribution in [1.82, 2.24) is 10.1 Å². The molecule has 0 amide bonds. The molecule has 1 aromatic heterocycles. The van der Waals surface area contributed by atoms with Gasteiger partial charge in [-0.2, -0.15) is 4.98 Å². The molecule has 0 spiro atoms. The van der Waals surface area contributed by atoms with Gasteiger partial charge in [0.1, 0.15) is 0 Å². The van der Waals surface area contributed by atoms with E-state index >= 15 is 0 Å². The summed E-state index contributed by atoms with van der Waals surface area (Å²) in [6.07, 6.45) is 0.540. The Morgan fingerprint density at radius 1 is 1.40 bits per heavy atom. The second-order valence-corrected chi connectivity index (χ2v) is 5.52. The summed E-state index contributed by atoms with van der Waals surface area (Å²) < 4.78 is 15.4. The number of aromatic nitrogens is 2.